The third kappa shape index (κ3) is 5.59. The lowest BCUT2D eigenvalue weighted by atomic mass is 10.2. The first-order chi connectivity index (χ1) is 15.3. The standard InChI is InChI=1S/C23H23ClN2O6/c1-13-19(14(2)32-26-13)12-30-18-8-5-16(6-9-18)23(28)31-15(3)22(27)25-20-11-17(24)7-10-21(20)29-4/h5-11,15H,12H2,1-4H3,(H,25,27). The maximum atomic E-state index is 12.4. The molecule has 0 saturated carbocycles. The van der Waals surface area contributed by atoms with Crippen LogP contribution in [0, 0.1) is 13.8 Å². The average Bonchev–Trinajstić information content (AvgIpc) is 3.10. The quantitative estimate of drug-likeness (QED) is 0.487. The van der Waals surface area contributed by atoms with Crippen LogP contribution in [0.1, 0.15) is 34.3 Å². The summed E-state index contributed by atoms with van der Waals surface area (Å²) in [5.41, 5.74) is 2.32. The summed E-state index contributed by atoms with van der Waals surface area (Å²) < 4.78 is 21.3. The van der Waals surface area contributed by atoms with Crippen molar-refractivity contribution in [1.82, 2.24) is 5.16 Å². The first kappa shape index (κ1) is 23.1. The fourth-order valence-corrected chi connectivity index (χ4v) is 3.02. The van der Waals surface area contributed by atoms with Crippen molar-refractivity contribution < 1.29 is 28.3 Å². The Bertz CT molecular complexity index is 1090. The predicted molar refractivity (Wildman–Crippen MR) is 118 cm³/mol. The van der Waals surface area contributed by atoms with Gasteiger partial charge in [0.1, 0.15) is 23.9 Å². The number of ether oxygens (including phenoxy) is 3. The molecule has 0 aliphatic rings. The van der Waals surface area contributed by atoms with Crippen molar-refractivity contribution in [3.63, 3.8) is 0 Å². The summed E-state index contributed by atoms with van der Waals surface area (Å²) >= 11 is 5.97. The molecule has 0 aliphatic carbocycles. The minimum atomic E-state index is -1.04. The van der Waals surface area contributed by atoms with E-state index < -0.39 is 18.0 Å². The Morgan fingerprint density at radius 3 is 2.50 bits per heavy atom. The molecule has 9 heteroatoms. The normalized spacial score (nSPS) is 11.5. The van der Waals surface area contributed by atoms with Crippen LogP contribution in [0.2, 0.25) is 5.02 Å². The highest BCUT2D eigenvalue weighted by Crippen LogP contribution is 2.28. The lowest BCUT2D eigenvalue weighted by Gasteiger charge is -2.15. The predicted octanol–water partition coefficient (Wildman–Crippen LogP) is 4.72. The van der Waals surface area contributed by atoms with Gasteiger partial charge in [0.15, 0.2) is 6.10 Å². The first-order valence-corrected chi connectivity index (χ1v) is 10.2. The molecule has 1 amide bonds. The van der Waals surface area contributed by atoms with E-state index in [1.54, 1.807) is 42.5 Å². The number of methoxy groups -OCH3 is 1. The smallest absolute Gasteiger partial charge is 0.338 e. The third-order valence-corrected chi connectivity index (χ3v) is 4.96. The fourth-order valence-electron chi connectivity index (χ4n) is 2.85. The minimum Gasteiger partial charge on any atom is -0.495 e. The Labute approximate surface area is 190 Å². The Kier molecular flexibility index (Phi) is 7.37. The number of amides is 1. The molecule has 1 unspecified atom stereocenters. The summed E-state index contributed by atoms with van der Waals surface area (Å²) in [6.07, 6.45) is -1.04. The van der Waals surface area contributed by atoms with Crippen LogP contribution in [0.25, 0.3) is 0 Å². The van der Waals surface area contributed by atoms with Gasteiger partial charge in [-0.2, -0.15) is 0 Å². The number of carbonyl (C=O) groups is 2. The highest BCUT2D eigenvalue weighted by molar-refractivity contribution is 6.31. The second kappa shape index (κ2) is 10.2. The Hall–Kier alpha value is -3.52. The second-order valence-electron chi connectivity index (χ2n) is 7.00. The van der Waals surface area contributed by atoms with Gasteiger partial charge in [0.05, 0.1) is 29.6 Å². The Morgan fingerprint density at radius 2 is 1.88 bits per heavy atom. The van der Waals surface area contributed by atoms with Crippen LogP contribution in [-0.2, 0) is 16.1 Å². The summed E-state index contributed by atoms with van der Waals surface area (Å²) in [6, 6.07) is 11.2. The molecule has 0 saturated heterocycles. The van der Waals surface area contributed by atoms with Crippen LogP contribution in [0.3, 0.4) is 0 Å². The van der Waals surface area contributed by atoms with Gasteiger partial charge < -0.3 is 24.1 Å². The molecule has 0 aliphatic heterocycles. The van der Waals surface area contributed by atoms with E-state index in [1.165, 1.54) is 14.0 Å². The number of rotatable bonds is 8. The summed E-state index contributed by atoms with van der Waals surface area (Å²) in [4.78, 5) is 24.9. The summed E-state index contributed by atoms with van der Waals surface area (Å²) in [6.45, 7) is 5.44. The molecule has 0 bridgehead atoms. The lowest BCUT2D eigenvalue weighted by molar-refractivity contribution is -0.123. The highest BCUT2D eigenvalue weighted by atomic mass is 35.5. The van der Waals surface area contributed by atoms with E-state index in [1.807, 2.05) is 13.8 Å². The van der Waals surface area contributed by atoms with Crippen molar-refractivity contribution in [2.75, 3.05) is 12.4 Å². The van der Waals surface area contributed by atoms with E-state index in [2.05, 4.69) is 10.5 Å². The molecular formula is C23H23ClN2O6. The van der Waals surface area contributed by atoms with Gasteiger partial charge in [0.2, 0.25) is 0 Å². The molecule has 1 atom stereocenters. The number of nitrogens with one attached hydrogen (secondary N) is 1. The lowest BCUT2D eigenvalue weighted by Crippen LogP contribution is -2.30. The van der Waals surface area contributed by atoms with Gasteiger partial charge in [-0.15, -0.1) is 0 Å². The molecule has 1 aromatic heterocycles. The van der Waals surface area contributed by atoms with E-state index in [9.17, 15) is 9.59 Å². The largest absolute Gasteiger partial charge is 0.495 e. The molecule has 168 valence electrons. The number of halogens is 1. The van der Waals surface area contributed by atoms with Crippen LogP contribution in [0.15, 0.2) is 47.0 Å². The molecule has 3 rings (SSSR count). The molecular weight excluding hydrogens is 436 g/mol. The van der Waals surface area contributed by atoms with Gasteiger partial charge in [-0.25, -0.2) is 4.79 Å². The molecule has 0 radical (unpaired) electrons. The zero-order valence-corrected chi connectivity index (χ0v) is 18.9. The van der Waals surface area contributed by atoms with E-state index in [0.717, 1.165) is 11.3 Å². The van der Waals surface area contributed by atoms with Crippen LogP contribution in [0.5, 0.6) is 11.5 Å². The topological polar surface area (TPSA) is 99.9 Å². The second-order valence-corrected chi connectivity index (χ2v) is 7.43. The monoisotopic (exact) mass is 458 g/mol. The van der Waals surface area contributed by atoms with Crippen molar-refractivity contribution in [1.29, 1.82) is 0 Å². The molecule has 0 fully saturated rings. The van der Waals surface area contributed by atoms with Crippen LogP contribution < -0.4 is 14.8 Å². The van der Waals surface area contributed by atoms with Gasteiger partial charge in [0, 0.05) is 5.02 Å². The molecule has 2 aromatic carbocycles. The van der Waals surface area contributed by atoms with Crippen LogP contribution >= 0.6 is 11.6 Å². The molecule has 1 heterocycles. The van der Waals surface area contributed by atoms with Crippen LogP contribution in [-0.4, -0.2) is 30.2 Å². The van der Waals surface area contributed by atoms with E-state index in [4.69, 9.17) is 30.3 Å². The van der Waals surface area contributed by atoms with Gasteiger partial charge in [0.25, 0.3) is 5.91 Å². The van der Waals surface area contributed by atoms with Crippen molar-refractivity contribution >= 4 is 29.2 Å². The van der Waals surface area contributed by atoms with Crippen molar-refractivity contribution in [3.05, 3.63) is 70.1 Å². The number of aryl methyl sites for hydroxylation is 2. The van der Waals surface area contributed by atoms with Gasteiger partial charge in [-0.3, -0.25) is 4.79 Å². The zero-order valence-electron chi connectivity index (χ0n) is 18.1. The van der Waals surface area contributed by atoms with Crippen molar-refractivity contribution in [3.8, 4) is 11.5 Å². The number of anilines is 1. The minimum absolute atomic E-state index is 0.287. The number of hydrogen-bond donors (Lipinski definition) is 1. The number of aromatic nitrogens is 1. The average molecular weight is 459 g/mol. The highest BCUT2D eigenvalue weighted by Gasteiger charge is 2.20. The number of benzene rings is 2. The zero-order chi connectivity index (χ0) is 23.3. The Morgan fingerprint density at radius 1 is 1.16 bits per heavy atom. The molecule has 8 nitrogen and oxygen atoms in total. The van der Waals surface area contributed by atoms with E-state index in [0.29, 0.717) is 34.6 Å². The van der Waals surface area contributed by atoms with Gasteiger partial charge in [-0.05, 0) is 63.2 Å². The van der Waals surface area contributed by atoms with Gasteiger partial charge in [-0.1, -0.05) is 16.8 Å². The number of esters is 1. The summed E-state index contributed by atoms with van der Waals surface area (Å²) in [5.74, 6) is 0.556. The fraction of sp³-hybridized carbons (Fsp3) is 0.261. The van der Waals surface area contributed by atoms with Crippen molar-refractivity contribution in [2.45, 2.75) is 33.5 Å². The summed E-state index contributed by atoms with van der Waals surface area (Å²) in [5, 5.41) is 6.97. The number of hydrogen-bond acceptors (Lipinski definition) is 7. The third-order valence-electron chi connectivity index (χ3n) is 4.73. The van der Waals surface area contributed by atoms with Crippen LogP contribution in [0.4, 0.5) is 5.69 Å². The van der Waals surface area contributed by atoms with Crippen molar-refractivity contribution in [2.24, 2.45) is 0 Å². The molecule has 32 heavy (non-hydrogen) atoms. The maximum Gasteiger partial charge on any atom is 0.338 e. The van der Waals surface area contributed by atoms with Gasteiger partial charge >= 0.3 is 5.97 Å². The SMILES string of the molecule is COc1ccc(Cl)cc1NC(=O)C(C)OC(=O)c1ccc(OCc2c(C)noc2C)cc1. The number of nitrogens with zero attached hydrogens (tertiary/aromatic N) is 1. The van der Waals surface area contributed by atoms with E-state index in [-0.39, 0.29) is 5.56 Å². The molecule has 3 aromatic rings. The number of carbonyl (C=O) groups excluding carboxylic acids is 2. The Balaban J connectivity index is 1.57. The molecule has 0 spiro atoms. The van der Waals surface area contributed by atoms with E-state index >= 15 is 0 Å². The molecule has 1 N–H and O–H groups in total. The maximum absolute atomic E-state index is 12.4. The first-order valence-electron chi connectivity index (χ1n) is 9.78. The summed E-state index contributed by atoms with van der Waals surface area (Å²) in [7, 11) is 1.48.